The van der Waals surface area contributed by atoms with E-state index < -0.39 is 11.7 Å². The molecule has 0 aliphatic heterocycles. The first-order valence-electron chi connectivity index (χ1n) is 12.3. The quantitative estimate of drug-likeness (QED) is 0.299. The highest BCUT2D eigenvalue weighted by Crippen LogP contribution is 2.28. The van der Waals surface area contributed by atoms with Crippen LogP contribution in [-0.2, 0) is 9.53 Å². The predicted molar refractivity (Wildman–Crippen MR) is 151 cm³/mol. The van der Waals surface area contributed by atoms with E-state index in [0.717, 1.165) is 27.0 Å². The fourth-order valence-electron chi connectivity index (χ4n) is 3.82. The third-order valence-corrected chi connectivity index (χ3v) is 6.38. The number of amides is 2. The smallest absolute Gasteiger partial charge is 0.410 e. The zero-order valence-electron chi connectivity index (χ0n) is 22.4. The molecule has 0 saturated carbocycles. The summed E-state index contributed by atoms with van der Waals surface area (Å²) in [6.45, 7) is 9.12. The number of carbonyl (C=O) groups is 2. The van der Waals surface area contributed by atoms with E-state index in [-0.39, 0.29) is 18.5 Å². The molecule has 0 aliphatic carbocycles. The average Bonchev–Trinajstić information content (AvgIpc) is 3.30. The van der Waals surface area contributed by atoms with Crippen molar-refractivity contribution in [3.05, 3.63) is 65.4 Å². The summed E-state index contributed by atoms with van der Waals surface area (Å²) in [5, 5.41) is 6.30. The summed E-state index contributed by atoms with van der Waals surface area (Å²) < 4.78 is 6.41. The molecule has 2 aromatic heterocycles. The fourth-order valence-corrected chi connectivity index (χ4v) is 4.53. The number of carbonyl (C=O) groups excluding carboxylic acids is 2. The van der Waals surface area contributed by atoms with E-state index in [4.69, 9.17) is 4.74 Å². The highest BCUT2D eigenvalue weighted by atomic mass is 32.1. The van der Waals surface area contributed by atoms with Gasteiger partial charge in [0.2, 0.25) is 5.91 Å². The number of benzene rings is 2. The Morgan fingerprint density at radius 3 is 2.66 bits per heavy atom. The SMILES string of the molecule is Cc1nc(NC(C)c2cccc(NC(=O)CN(C)C(=O)OC(C)(C)C)c2)cc(-c2ccc3ncsc3c2)n1. The van der Waals surface area contributed by atoms with Gasteiger partial charge in [0.05, 0.1) is 27.5 Å². The summed E-state index contributed by atoms with van der Waals surface area (Å²) in [5.74, 6) is 1.06. The van der Waals surface area contributed by atoms with Gasteiger partial charge in [-0.1, -0.05) is 18.2 Å². The lowest BCUT2D eigenvalue weighted by molar-refractivity contribution is -0.117. The molecule has 2 amide bonds. The van der Waals surface area contributed by atoms with Gasteiger partial charge in [-0.3, -0.25) is 4.79 Å². The number of ether oxygens (including phenoxy) is 1. The molecule has 4 rings (SSSR count). The first-order valence-corrected chi connectivity index (χ1v) is 13.1. The van der Waals surface area contributed by atoms with E-state index in [1.54, 1.807) is 32.1 Å². The number of aromatic nitrogens is 3. The van der Waals surface area contributed by atoms with Crippen molar-refractivity contribution in [3.8, 4) is 11.3 Å². The molecule has 0 aliphatic rings. The molecule has 2 heterocycles. The number of hydrogen-bond donors (Lipinski definition) is 2. The first-order chi connectivity index (χ1) is 18.0. The molecule has 0 bridgehead atoms. The highest BCUT2D eigenvalue weighted by Gasteiger charge is 2.21. The number of likely N-dealkylation sites (N-methyl/N-ethyl adjacent to an activating group) is 1. The molecule has 0 saturated heterocycles. The summed E-state index contributed by atoms with van der Waals surface area (Å²) >= 11 is 1.60. The van der Waals surface area contributed by atoms with Crippen LogP contribution in [0.5, 0.6) is 0 Å². The van der Waals surface area contributed by atoms with Crippen LogP contribution in [0.25, 0.3) is 21.5 Å². The number of aryl methyl sites for hydroxylation is 1. The number of nitrogens with zero attached hydrogens (tertiary/aromatic N) is 4. The van der Waals surface area contributed by atoms with Crippen molar-refractivity contribution in [2.45, 2.75) is 46.3 Å². The van der Waals surface area contributed by atoms with Gasteiger partial charge in [0.25, 0.3) is 0 Å². The van der Waals surface area contributed by atoms with E-state index >= 15 is 0 Å². The Bertz CT molecular complexity index is 1460. The van der Waals surface area contributed by atoms with Crippen molar-refractivity contribution in [2.75, 3.05) is 24.2 Å². The summed E-state index contributed by atoms with van der Waals surface area (Å²) in [4.78, 5) is 39.5. The molecule has 38 heavy (non-hydrogen) atoms. The van der Waals surface area contributed by atoms with Crippen LogP contribution in [-0.4, -0.2) is 51.0 Å². The van der Waals surface area contributed by atoms with Crippen molar-refractivity contribution < 1.29 is 14.3 Å². The topological polar surface area (TPSA) is 109 Å². The Labute approximate surface area is 226 Å². The lowest BCUT2D eigenvalue weighted by atomic mass is 10.1. The van der Waals surface area contributed by atoms with Crippen LogP contribution < -0.4 is 10.6 Å². The van der Waals surface area contributed by atoms with Gasteiger partial charge in [-0.05, 0) is 64.4 Å². The maximum absolute atomic E-state index is 12.5. The third-order valence-electron chi connectivity index (χ3n) is 5.59. The number of thiazole rings is 1. The Balaban J connectivity index is 1.42. The molecular formula is C28H32N6O3S. The molecule has 10 heteroatoms. The number of hydrogen-bond acceptors (Lipinski definition) is 8. The molecule has 198 valence electrons. The van der Waals surface area contributed by atoms with Crippen LogP contribution >= 0.6 is 11.3 Å². The predicted octanol–water partition coefficient (Wildman–Crippen LogP) is 6.04. The van der Waals surface area contributed by atoms with Crippen molar-refractivity contribution in [1.82, 2.24) is 19.9 Å². The van der Waals surface area contributed by atoms with Crippen molar-refractivity contribution in [3.63, 3.8) is 0 Å². The van der Waals surface area contributed by atoms with Crippen molar-refractivity contribution in [1.29, 1.82) is 0 Å². The second kappa shape index (κ2) is 11.1. The Kier molecular flexibility index (Phi) is 7.91. The second-order valence-electron chi connectivity index (χ2n) is 10.1. The van der Waals surface area contributed by atoms with E-state index in [9.17, 15) is 9.59 Å². The van der Waals surface area contributed by atoms with Crippen LogP contribution in [0.1, 0.15) is 45.1 Å². The monoisotopic (exact) mass is 532 g/mol. The van der Waals surface area contributed by atoms with Gasteiger partial charge in [0, 0.05) is 24.4 Å². The van der Waals surface area contributed by atoms with Gasteiger partial charge in [-0.15, -0.1) is 11.3 Å². The molecule has 0 fully saturated rings. The zero-order chi connectivity index (χ0) is 27.4. The van der Waals surface area contributed by atoms with E-state index in [2.05, 4.69) is 31.7 Å². The van der Waals surface area contributed by atoms with Gasteiger partial charge in [0.1, 0.15) is 23.8 Å². The van der Waals surface area contributed by atoms with Crippen LogP contribution in [0, 0.1) is 6.92 Å². The summed E-state index contributed by atoms with van der Waals surface area (Å²) in [6.07, 6.45) is -0.550. The van der Waals surface area contributed by atoms with Gasteiger partial charge in [0.15, 0.2) is 0 Å². The van der Waals surface area contributed by atoms with Crippen molar-refractivity contribution >= 4 is 45.1 Å². The van der Waals surface area contributed by atoms with Crippen LogP contribution in [0.15, 0.2) is 54.0 Å². The normalized spacial score (nSPS) is 12.2. The molecule has 1 unspecified atom stereocenters. The van der Waals surface area contributed by atoms with Gasteiger partial charge in [-0.25, -0.2) is 19.7 Å². The molecule has 2 aromatic carbocycles. The first kappa shape index (κ1) is 27.0. The lowest BCUT2D eigenvalue weighted by Crippen LogP contribution is -2.38. The fraction of sp³-hybridized carbons (Fsp3) is 0.321. The molecule has 2 N–H and O–H groups in total. The van der Waals surface area contributed by atoms with Gasteiger partial charge < -0.3 is 20.3 Å². The summed E-state index contributed by atoms with van der Waals surface area (Å²) in [5.41, 5.74) is 5.62. The van der Waals surface area contributed by atoms with Crippen LogP contribution in [0.3, 0.4) is 0 Å². The molecule has 0 spiro atoms. The minimum absolute atomic E-state index is 0.0950. The molecular weight excluding hydrogens is 500 g/mol. The minimum Gasteiger partial charge on any atom is -0.444 e. The average molecular weight is 533 g/mol. The zero-order valence-corrected chi connectivity index (χ0v) is 23.2. The lowest BCUT2D eigenvalue weighted by Gasteiger charge is -2.24. The Hall–Kier alpha value is -4.05. The molecule has 0 radical (unpaired) electrons. The number of nitrogens with one attached hydrogen (secondary N) is 2. The van der Waals surface area contributed by atoms with E-state index in [1.807, 2.05) is 61.8 Å². The maximum Gasteiger partial charge on any atom is 0.410 e. The largest absolute Gasteiger partial charge is 0.444 e. The van der Waals surface area contributed by atoms with Gasteiger partial charge in [-0.2, -0.15) is 0 Å². The van der Waals surface area contributed by atoms with E-state index in [0.29, 0.717) is 17.3 Å². The standard InChI is InChI=1S/C28H32N6O3S/c1-17(19-8-7-9-21(12-19)33-26(35)15-34(6)27(36)37-28(3,4)5)30-25-14-23(31-18(2)32-25)20-10-11-22-24(13-20)38-16-29-22/h7-14,16-17H,15H2,1-6H3,(H,33,35)(H,30,31,32). The minimum atomic E-state index is -0.628. The maximum atomic E-state index is 12.5. The summed E-state index contributed by atoms with van der Waals surface area (Å²) in [7, 11) is 1.53. The third kappa shape index (κ3) is 7.04. The Morgan fingerprint density at radius 1 is 1.11 bits per heavy atom. The number of rotatable bonds is 7. The summed E-state index contributed by atoms with van der Waals surface area (Å²) in [6, 6.07) is 15.5. The second-order valence-corrected chi connectivity index (χ2v) is 11.0. The number of anilines is 2. The van der Waals surface area contributed by atoms with Gasteiger partial charge >= 0.3 is 6.09 Å². The molecule has 1 atom stereocenters. The molecule has 4 aromatic rings. The molecule has 9 nitrogen and oxygen atoms in total. The van der Waals surface area contributed by atoms with E-state index in [1.165, 1.54) is 11.9 Å². The highest BCUT2D eigenvalue weighted by molar-refractivity contribution is 7.16. The Morgan fingerprint density at radius 2 is 1.89 bits per heavy atom. The van der Waals surface area contributed by atoms with Crippen LogP contribution in [0.4, 0.5) is 16.3 Å². The van der Waals surface area contributed by atoms with Crippen LogP contribution in [0.2, 0.25) is 0 Å². The van der Waals surface area contributed by atoms with Crippen molar-refractivity contribution in [2.24, 2.45) is 0 Å². The number of fused-ring (bicyclic) bond motifs is 1.